The van der Waals surface area contributed by atoms with Gasteiger partial charge in [-0.15, -0.1) is 11.3 Å². The largest absolute Gasteiger partial charge is 0.343 e. The van der Waals surface area contributed by atoms with Crippen LogP contribution in [0, 0.1) is 0 Å². The van der Waals surface area contributed by atoms with Crippen molar-refractivity contribution in [1.29, 1.82) is 0 Å². The van der Waals surface area contributed by atoms with Crippen LogP contribution < -0.4 is 10.6 Å². The first kappa shape index (κ1) is 17.2. The van der Waals surface area contributed by atoms with E-state index in [1.165, 1.54) is 23.3 Å². The van der Waals surface area contributed by atoms with Gasteiger partial charge in [0.1, 0.15) is 0 Å². The van der Waals surface area contributed by atoms with Crippen LogP contribution in [0.15, 0.2) is 54.2 Å². The molecular formula is C17H16N4O2S2. The highest BCUT2D eigenvalue weighted by molar-refractivity contribution is 7.97. The first-order valence-corrected chi connectivity index (χ1v) is 9.53. The van der Waals surface area contributed by atoms with Crippen molar-refractivity contribution >= 4 is 40.2 Å². The predicted octanol–water partition coefficient (Wildman–Crippen LogP) is 3.11. The summed E-state index contributed by atoms with van der Waals surface area (Å²) in [5, 5.41) is 7.69. The molecule has 0 aliphatic heterocycles. The summed E-state index contributed by atoms with van der Waals surface area (Å²) in [6.45, 7) is -0.108. The van der Waals surface area contributed by atoms with Crippen molar-refractivity contribution in [2.75, 3.05) is 18.1 Å². The van der Waals surface area contributed by atoms with Gasteiger partial charge in [0, 0.05) is 29.6 Å². The van der Waals surface area contributed by atoms with E-state index in [1.807, 2.05) is 45.9 Å². The molecule has 0 saturated carbocycles. The van der Waals surface area contributed by atoms with Gasteiger partial charge in [-0.25, -0.2) is 4.98 Å². The molecule has 0 unspecified atom stereocenters. The topological polar surface area (TPSA) is 76.0 Å². The van der Waals surface area contributed by atoms with E-state index in [0.717, 1.165) is 11.3 Å². The molecule has 3 aromatic rings. The molecule has 2 amide bonds. The minimum atomic E-state index is -0.313. The molecule has 0 bridgehead atoms. The summed E-state index contributed by atoms with van der Waals surface area (Å²) < 4.78 is 1.82. The zero-order valence-corrected chi connectivity index (χ0v) is 15.1. The molecular weight excluding hydrogens is 356 g/mol. The van der Waals surface area contributed by atoms with E-state index in [4.69, 9.17) is 0 Å². The molecule has 0 aliphatic rings. The van der Waals surface area contributed by atoms with Crippen LogP contribution in [0.1, 0.15) is 10.4 Å². The Bertz CT molecular complexity index is 874. The summed E-state index contributed by atoms with van der Waals surface area (Å²) in [7, 11) is 0. The van der Waals surface area contributed by atoms with Crippen LogP contribution in [0.5, 0.6) is 0 Å². The Labute approximate surface area is 153 Å². The van der Waals surface area contributed by atoms with E-state index in [9.17, 15) is 9.59 Å². The van der Waals surface area contributed by atoms with Crippen LogP contribution in [0.2, 0.25) is 0 Å². The van der Waals surface area contributed by atoms with Gasteiger partial charge in [-0.05, 0) is 18.0 Å². The monoisotopic (exact) mass is 372 g/mol. The third-order valence-corrected chi connectivity index (χ3v) is 4.78. The second kappa shape index (κ2) is 8.00. The third kappa shape index (κ3) is 4.49. The molecule has 0 saturated heterocycles. The van der Waals surface area contributed by atoms with Gasteiger partial charge in [0.15, 0.2) is 5.13 Å². The van der Waals surface area contributed by atoms with E-state index in [-0.39, 0.29) is 18.4 Å². The molecule has 0 aliphatic carbocycles. The number of carbonyl (C=O) groups is 2. The Balaban J connectivity index is 1.53. The number of thiazole rings is 1. The van der Waals surface area contributed by atoms with Gasteiger partial charge >= 0.3 is 0 Å². The summed E-state index contributed by atoms with van der Waals surface area (Å²) in [5.41, 5.74) is 2.32. The standard InChI is InChI=1S/C17H16N4O2S2/c1-24-21-8-7-13(10-21)16(23)18-9-15(22)20-17-19-14(11-25-17)12-5-3-2-4-6-12/h2-8,10-11H,9H2,1H3,(H,18,23)(H,19,20,22). The number of nitrogens with one attached hydrogen (secondary N) is 2. The number of nitrogens with zero attached hydrogens (tertiary/aromatic N) is 2. The average molecular weight is 372 g/mol. The molecule has 3 rings (SSSR count). The molecule has 0 atom stereocenters. The maximum Gasteiger partial charge on any atom is 0.253 e. The van der Waals surface area contributed by atoms with Crippen molar-refractivity contribution in [2.24, 2.45) is 0 Å². The zero-order valence-electron chi connectivity index (χ0n) is 13.4. The van der Waals surface area contributed by atoms with Crippen LogP contribution in [0.3, 0.4) is 0 Å². The van der Waals surface area contributed by atoms with Crippen LogP contribution in [-0.2, 0) is 4.79 Å². The van der Waals surface area contributed by atoms with Gasteiger partial charge in [0.2, 0.25) is 5.91 Å². The summed E-state index contributed by atoms with van der Waals surface area (Å²) in [5.74, 6) is -0.598. The second-order valence-corrected chi connectivity index (χ2v) is 6.72. The number of carbonyl (C=O) groups excluding carboxylic acids is 2. The summed E-state index contributed by atoms with van der Waals surface area (Å²) in [6.07, 6.45) is 5.41. The molecule has 0 fully saturated rings. The number of anilines is 1. The first-order valence-electron chi connectivity index (χ1n) is 7.47. The molecule has 2 N–H and O–H groups in total. The molecule has 1 aromatic carbocycles. The van der Waals surface area contributed by atoms with E-state index in [1.54, 1.807) is 18.5 Å². The number of benzene rings is 1. The number of hydrogen-bond acceptors (Lipinski definition) is 5. The minimum absolute atomic E-state index is 0.108. The minimum Gasteiger partial charge on any atom is -0.343 e. The van der Waals surface area contributed by atoms with Gasteiger partial charge in [-0.3, -0.25) is 13.6 Å². The van der Waals surface area contributed by atoms with Crippen molar-refractivity contribution in [2.45, 2.75) is 0 Å². The lowest BCUT2D eigenvalue weighted by Crippen LogP contribution is -2.32. The summed E-state index contributed by atoms with van der Waals surface area (Å²) in [4.78, 5) is 28.4. The van der Waals surface area contributed by atoms with E-state index >= 15 is 0 Å². The van der Waals surface area contributed by atoms with Crippen LogP contribution >= 0.6 is 23.3 Å². The first-order chi connectivity index (χ1) is 12.2. The predicted molar refractivity (Wildman–Crippen MR) is 102 cm³/mol. The van der Waals surface area contributed by atoms with E-state index < -0.39 is 0 Å². The lowest BCUT2D eigenvalue weighted by Gasteiger charge is -2.04. The third-order valence-electron chi connectivity index (χ3n) is 3.37. The quantitative estimate of drug-likeness (QED) is 0.697. The van der Waals surface area contributed by atoms with Crippen molar-refractivity contribution in [1.82, 2.24) is 14.3 Å². The smallest absolute Gasteiger partial charge is 0.253 e. The Morgan fingerprint density at radius 3 is 2.76 bits per heavy atom. The van der Waals surface area contributed by atoms with Crippen molar-refractivity contribution < 1.29 is 9.59 Å². The molecule has 128 valence electrons. The average Bonchev–Trinajstić information content (AvgIpc) is 3.30. The van der Waals surface area contributed by atoms with Gasteiger partial charge in [0.25, 0.3) is 5.91 Å². The SMILES string of the molecule is CSn1ccc(C(=O)NCC(=O)Nc2nc(-c3ccccc3)cs2)c1. The van der Waals surface area contributed by atoms with Gasteiger partial charge in [-0.1, -0.05) is 30.3 Å². The Hall–Kier alpha value is -2.58. The number of amides is 2. The fourth-order valence-electron chi connectivity index (χ4n) is 2.12. The highest BCUT2D eigenvalue weighted by Crippen LogP contribution is 2.24. The van der Waals surface area contributed by atoms with E-state index in [0.29, 0.717) is 10.7 Å². The lowest BCUT2D eigenvalue weighted by atomic mass is 10.2. The van der Waals surface area contributed by atoms with Gasteiger partial charge in [-0.2, -0.15) is 0 Å². The molecule has 6 nitrogen and oxygen atoms in total. The van der Waals surface area contributed by atoms with Crippen LogP contribution in [0.4, 0.5) is 5.13 Å². The number of aromatic nitrogens is 2. The van der Waals surface area contributed by atoms with Crippen LogP contribution in [-0.4, -0.2) is 33.6 Å². The maximum absolute atomic E-state index is 12.0. The summed E-state index contributed by atoms with van der Waals surface area (Å²) in [6, 6.07) is 11.4. The molecule has 0 spiro atoms. The van der Waals surface area contributed by atoms with Crippen LogP contribution in [0.25, 0.3) is 11.3 Å². The van der Waals surface area contributed by atoms with Crippen molar-refractivity contribution in [3.8, 4) is 11.3 Å². The highest BCUT2D eigenvalue weighted by Gasteiger charge is 2.11. The van der Waals surface area contributed by atoms with Gasteiger partial charge in [0.05, 0.1) is 17.8 Å². The van der Waals surface area contributed by atoms with Gasteiger partial charge < -0.3 is 10.6 Å². The number of hydrogen-bond donors (Lipinski definition) is 2. The highest BCUT2D eigenvalue weighted by atomic mass is 32.2. The Morgan fingerprint density at radius 1 is 1.24 bits per heavy atom. The Kier molecular flexibility index (Phi) is 5.52. The maximum atomic E-state index is 12.0. The van der Waals surface area contributed by atoms with Crippen molar-refractivity contribution in [3.05, 3.63) is 59.7 Å². The molecule has 25 heavy (non-hydrogen) atoms. The Morgan fingerprint density at radius 2 is 2.04 bits per heavy atom. The summed E-state index contributed by atoms with van der Waals surface area (Å²) >= 11 is 2.83. The second-order valence-electron chi connectivity index (χ2n) is 5.08. The molecule has 8 heteroatoms. The lowest BCUT2D eigenvalue weighted by molar-refractivity contribution is -0.115. The molecule has 2 aromatic heterocycles. The van der Waals surface area contributed by atoms with E-state index in [2.05, 4.69) is 15.6 Å². The zero-order chi connectivity index (χ0) is 17.6. The fourth-order valence-corrected chi connectivity index (χ4v) is 3.26. The number of rotatable bonds is 6. The normalized spacial score (nSPS) is 10.4. The van der Waals surface area contributed by atoms with Crippen molar-refractivity contribution in [3.63, 3.8) is 0 Å². The molecule has 2 heterocycles. The fraction of sp³-hybridized carbons (Fsp3) is 0.118. The molecule has 0 radical (unpaired) electrons.